The molecule has 0 amide bonds. The number of rotatable bonds is 4. The fourth-order valence-electron chi connectivity index (χ4n) is 2.69. The average Bonchev–Trinajstić information content (AvgIpc) is 2.54. The summed E-state index contributed by atoms with van der Waals surface area (Å²) < 4.78 is 11.8. The van der Waals surface area contributed by atoms with Crippen LogP contribution in [-0.2, 0) is 9.47 Å². The molecule has 3 atom stereocenters. The first-order chi connectivity index (χ1) is 7.81. The summed E-state index contributed by atoms with van der Waals surface area (Å²) in [5.41, 5.74) is 0. The van der Waals surface area contributed by atoms with Gasteiger partial charge in [0.15, 0.2) is 0 Å². The molecule has 0 heterocycles. The lowest BCUT2D eigenvalue weighted by molar-refractivity contribution is -0.148. The Hall–Kier alpha value is 0.210. The Balaban J connectivity index is 1.75. The van der Waals surface area contributed by atoms with Crippen LogP contribution in [0.25, 0.3) is 0 Å². The van der Waals surface area contributed by atoms with E-state index in [0.717, 1.165) is 13.0 Å². The van der Waals surface area contributed by atoms with E-state index in [1.165, 1.54) is 38.5 Å². The summed E-state index contributed by atoms with van der Waals surface area (Å²) in [7, 11) is 0. The second-order valence-electron chi connectivity index (χ2n) is 4.96. The van der Waals surface area contributed by atoms with Crippen molar-refractivity contribution in [1.29, 1.82) is 0 Å². The van der Waals surface area contributed by atoms with Gasteiger partial charge in [0, 0.05) is 6.61 Å². The molecule has 0 aliphatic heterocycles. The number of ether oxygens (including phenoxy) is 2. The van der Waals surface area contributed by atoms with Crippen molar-refractivity contribution in [1.82, 2.24) is 0 Å². The normalized spacial score (nSPS) is 36.8. The largest absolute Gasteiger partial charge is 0.374 e. The highest BCUT2D eigenvalue weighted by Gasteiger charge is 2.42. The third-order valence-electron chi connectivity index (χ3n) is 3.71. The molecule has 0 saturated heterocycles. The van der Waals surface area contributed by atoms with Gasteiger partial charge in [0.05, 0.1) is 17.6 Å². The van der Waals surface area contributed by atoms with Crippen LogP contribution >= 0.6 is 11.6 Å². The first-order valence-corrected chi connectivity index (χ1v) is 7.16. The SMILES string of the molecule is CCOC1C(Cl)CC1OC1CCCCCC1. The maximum atomic E-state index is 6.13. The third kappa shape index (κ3) is 3.12. The van der Waals surface area contributed by atoms with Crippen LogP contribution in [0, 0.1) is 0 Å². The summed E-state index contributed by atoms with van der Waals surface area (Å²) in [5.74, 6) is 0. The van der Waals surface area contributed by atoms with Gasteiger partial charge in [-0.05, 0) is 26.2 Å². The minimum Gasteiger partial charge on any atom is -0.374 e. The van der Waals surface area contributed by atoms with Crippen LogP contribution in [0.3, 0.4) is 0 Å². The quantitative estimate of drug-likeness (QED) is 0.558. The molecule has 0 N–H and O–H groups in total. The minimum absolute atomic E-state index is 0.134. The molecule has 0 aromatic rings. The maximum Gasteiger partial charge on any atom is 0.100 e. The van der Waals surface area contributed by atoms with Gasteiger partial charge in [0.2, 0.25) is 0 Å². The van der Waals surface area contributed by atoms with Crippen molar-refractivity contribution in [3.63, 3.8) is 0 Å². The zero-order valence-electron chi connectivity index (χ0n) is 10.2. The lowest BCUT2D eigenvalue weighted by atomic mass is 9.90. The molecule has 16 heavy (non-hydrogen) atoms. The Kier molecular flexibility index (Phi) is 4.93. The minimum atomic E-state index is 0.134. The summed E-state index contributed by atoms with van der Waals surface area (Å²) >= 11 is 6.13. The van der Waals surface area contributed by atoms with Crippen molar-refractivity contribution in [3.05, 3.63) is 0 Å². The maximum absolute atomic E-state index is 6.13. The number of halogens is 1. The van der Waals surface area contributed by atoms with Crippen LogP contribution in [0.4, 0.5) is 0 Å². The summed E-state index contributed by atoms with van der Waals surface area (Å²) in [5, 5.41) is 0.163. The van der Waals surface area contributed by atoms with E-state index < -0.39 is 0 Å². The summed E-state index contributed by atoms with van der Waals surface area (Å²) in [6, 6.07) is 0. The first-order valence-electron chi connectivity index (χ1n) is 6.72. The fraction of sp³-hybridized carbons (Fsp3) is 1.00. The molecule has 2 nitrogen and oxygen atoms in total. The van der Waals surface area contributed by atoms with E-state index in [1.54, 1.807) is 0 Å². The summed E-state index contributed by atoms with van der Waals surface area (Å²) in [6.45, 7) is 2.75. The molecule has 3 unspecified atom stereocenters. The van der Waals surface area contributed by atoms with Gasteiger partial charge < -0.3 is 9.47 Å². The summed E-state index contributed by atoms with van der Waals surface area (Å²) in [4.78, 5) is 0. The predicted octanol–water partition coefficient (Wildman–Crippen LogP) is 3.51. The molecule has 2 aliphatic rings. The van der Waals surface area contributed by atoms with Gasteiger partial charge in [-0.1, -0.05) is 25.7 Å². The molecular weight excluding hydrogens is 224 g/mol. The van der Waals surface area contributed by atoms with Gasteiger partial charge in [-0.15, -0.1) is 11.6 Å². The van der Waals surface area contributed by atoms with E-state index in [0.29, 0.717) is 6.10 Å². The van der Waals surface area contributed by atoms with Crippen LogP contribution in [0.2, 0.25) is 0 Å². The Morgan fingerprint density at radius 2 is 1.81 bits per heavy atom. The third-order valence-corrected chi connectivity index (χ3v) is 4.14. The van der Waals surface area contributed by atoms with Gasteiger partial charge in [0.1, 0.15) is 6.10 Å². The van der Waals surface area contributed by atoms with E-state index in [1.807, 2.05) is 6.92 Å². The number of hydrogen-bond donors (Lipinski definition) is 0. The lowest BCUT2D eigenvalue weighted by Crippen LogP contribution is -2.52. The number of alkyl halides is 1. The highest BCUT2D eigenvalue weighted by molar-refractivity contribution is 6.21. The molecule has 94 valence electrons. The second kappa shape index (κ2) is 6.23. The lowest BCUT2D eigenvalue weighted by Gasteiger charge is -2.42. The van der Waals surface area contributed by atoms with Gasteiger partial charge in [-0.25, -0.2) is 0 Å². The van der Waals surface area contributed by atoms with Gasteiger partial charge >= 0.3 is 0 Å². The van der Waals surface area contributed by atoms with Crippen LogP contribution in [-0.4, -0.2) is 30.3 Å². The van der Waals surface area contributed by atoms with Crippen LogP contribution in [0.1, 0.15) is 51.9 Å². The van der Waals surface area contributed by atoms with Crippen LogP contribution < -0.4 is 0 Å². The Morgan fingerprint density at radius 3 is 2.38 bits per heavy atom. The van der Waals surface area contributed by atoms with Gasteiger partial charge in [-0.2, -0.15) is 0 Å². The second-order valence-corrected chi connectivity index (χ2v) is 5.52. The average molecular weight is 247 g/mol. The van der Waals surface area contributed by atoms with Crippen molar-refractivity contribution in [2.24, 2.45) is 0 Å². The van der Waals surface area contributed by atoms with E-state index in [2.05, 4.69) is 0 Å². The molecule has 2 rings (SSSR count). The van der Waals surface area contributed by atoms with E-state index in [4.69, 9.17) is 21.1 Å². The van der Waals surface area contributed by atoms with Crippen molar-refractivity contribution in [2.45, 2.75) is 75.6 Å². The predicted molar refractivity (Wildman–Crippen MR) is 66.0 cm³/mol. The fourth-order valence-corrected chi connectivity index (χ4v) is 3.10. The van der Waals surface area contributed by atoms with Crippen molar-refractivity contribution < 1.29 is 9.47 Å². The molecule has 0 spiro atoms. The van der Waals surface area contributed by atoms with E-state index in [-0.39, 0.29) is 17.6 Å². The molecule has 0 aromatic carbocycles. The smallest absolute Gasteiger partial charge is 0.100 e. The molecule has 2 aliphatic carbocycles. The zero-order chi connectivity index (χ0) is 11.4. The molecular formula is C13H23ClO2. The van der Waals surface area contributed by atoms with Crippen molar-refractivity contribution >= 4 is 11.6 Å². The van der Waals surface area contributed by atoms with Gasteiger partial charge in [0.25, 0.3) is 0 Å². The monoisotopic (exact) mass is 246 g/mol. The standard InChI is InChI=1S/C13H23ClO2/c1-2-15-13-11(14)9-12(13)16-10-7-5-3-4-6-8-10/h10-13H,2-9H2,1H3. The van der Waals surface area contributed by atoms with Crippen LogP contribution in [0.5, 0.6) is 0 Å². The topological polar surface area (TPSA) is 18.5 Å². The molecule has 2 saturated carbocycles. The highest BCUT2D eigenvalue weighted by Crippen LogP contribution is 2.34. The Morgan fingerprint density at radius 1 is 1.12 bits per heavy atom. The van der Waals surface area contributed by atoms with E-state index in [9.17, 15) is 0 Å². The Bertz CT molecular complexity index is 202. The van der Waals surface area contributed by atoms with Crippen molar-refractivity contribution in [3.8, 4) is 0 Å². The highest BCUT2D eigenvalue weighted by atomic mass is 35.5. The van der Waals surface area contributed by atoms with E-state index >= 15 is 0 Å². The van der Waals surface area contributed by atoms with Gasteiger partial charge in [-0.3, -0.25) is 0 Å². The summed E-state index contributed by atoms with van der Waals surface area (Å²) in [6.07, 6.45) is 9.64. The molecule has 2 fully saturated rings. The van der Waals surface area contributed by atoms with Crippen LogP contribution in [0.15, 0.2) is 0 Å². The first kappa shape index (κ1) is 12.7. The molecule has 0 bridgehead atoms. The Labute approximate surface area is 104 Å². The zero-order valence-corrected chi connectivity index (χ0v) is 10.9. The van der Waals surface area contributed by atoms with Crippen molar-refractivity contribution in [2.75, 3.05) is 6.61 Å². The molecule has 3 heteroatoms. The molecule has 0 aromatic heterocycles. The molecule has 0 radical (unpaired) electrons. The number of hydrogen-bond acceptors (Lipinski definition) is 2.